The smallest absolute Gasteiger partial charge is 0.112 e. The fraction of sp³-hybridized carbons (Fsp3) is 0.417. The molecule has 0 amide bonds. The molecule has 86 valence electrons. The molecule has 0 aliphatic carbocycles. The Morgan fingerprint density at radius 3 is 2.81 bits per heavy atom. The zero-order chi connectivity index (χ0) is 11.7. The monoisotopic (exact) mass is 281 g/mol. The van der Waals surface area contributed by atoms with Crippen molar-refractivity contribution in [1.29, 1.82) is 0 Å². The van der Waals surface area contributed by atoms with Crippen LogP contribution in [0.1, 0.15) is 25.5 Å². The Kier molecular flexibility index (Phi) is 3.30. The number of aromatic nitrogens is 2. The maximum absolute atomic E-state index is 5.61. The van der Waals surface area contributed by atoms with E-state index >= 15 is 0 Å². The predicted molar refractivity (Wildman–Crippen MR) is 70.6 cm³/mol. The summed E-state index contributed by atoms with van der Waals surface area (Å²) in [6.45, 7) is 4.91. The van der Waals surface area contributed by atoms with Crippen LogP contribution in [-0.4, -0.2) is 16.3 Å². The molecule has 0 aliphatic rings. The molecule has 0 saturated carbocycles. The molecule has 2 N–H and O–H groups in total. The van der Waals surface area contributed by atoms with E-state index in [9.17, 15) is 0 Å². The maximum atomic E-state index is 5.61. The van der Waals surface area contributed by atoms with Gasteiger partial charge in [-0.3, -0.25) is 4.68 Å². The molecule has 1 heterocycles. The SMILES string of the molecule is CC(C)n1nc2c(CCN)cccc2c1Br. The Balaban J connectivity index is 2.65. The van der Waals surface area contributed by atoms with Gasteiger partial charge in [-0.1, -0.05) is 18.2 Å². The second-order valence-corrected chi connectivity index (χ2v) is 4.93. The standard InChI is InChI=1S/C12H16BrN3/c1-8(2)16-12(13)10-5-3-4-9(6-7-14)11(10)15-16/h3-5,8H,6-7,14H2,1-2H3. The first-order valence-electron chi connectivity index (χ1n) is 5.50. The van der Waals surface area contributed by atoms with Crippen molar-refractivity contribution in [1.82, 2.24) is 9.78 Å². The van der Waals surface area contributed by atoms with Gasteiger partial charge in [0.1, 0.15) is 4.60 Å². The number of nitrogens with two attached hydrogens (primary N) is 1. The van der Waals surface area contributed by atoms with E-state index in [1.165, 1.54) is 10.9 Å². The second-order valence-electron chi connectivity index (χ2n) is 4.18. The van der Waals surface area contributed by atoms with Crippen molar-refractivity contribution in [2.45, 2.75) is 26.3 Å². The highest BCUT2D eigenvalue weighted by molar-refractivity contribution is 9.10. The molecule has 0 unspecified atom stereocenters. The fourth-order valence-electron chi connectivity index (χ4n) is 1.85. The largest absolute Gasteiger partial charge is 0.330 e. The summed E-state index contributed by atoms with van der Waals surface area (Å²) < 4.78 is 3.06. The molecule has 0 fully saturated rings. The zero-order valence-electron chi connectivity index (χ0n) is 9.57. The summed E-state index contributed by atoms with van der Waals surface area (Å²) in [5.74, 6) is 0. The maximum Gasteiger partial charge on any atom is 0.112 e. The molecule has 0 atom stereocenters. The number of fused-ring (bicyclic) bond motifs is 1. The normalized spacial score (nSPS) is 11.6. The molecule has 2 rings (SSSR count). The van der Waals surface area contributed by atoms with E-state index in [1.54, 1.807) is 0 Å². The van der Waals surface area contributed by atoms with Crippen LogP contribution in [0.25, 0.3) is 10.9 Å². The summed E-state index contributed by atoms with van der Waals surface area (Å²) in [5.41, 5.74) is 7.90. The molecule has 4 heteroatoms. The number of halogens is 1. The Hall–Kier alpha value is -0.870. The Bertz CT molecular complexity index is 502. The minimum atomic E-state index is 0.354. The summed E-state index contributed by atoms with van der Waals surface area (Å²) in [4.78, 5) is 0. The summed E-state index contributed by atoms with van der Waals surface area (Å²) in [6.07, 6.45) is 0.874. The van der Waals surface area contributed by atoms with Gasteiger partial charge in [0.25, 0.3) is 0 Å². The van der Waals surface area contributed by atoms with Gasteiger partial charge < -0.3 is 5.73 Å². The van der Waals surface area contributed by atoms with Gasteiger partial charge in [0.2, 0.25) is 0 Å². The average molecular weight is 282 g/mol. The molecule has 0 saturated heterocycles. The van der Waals surface area contributed by atoms with Crippen molar-refractivity contribution in [3.63, 3.8) is 0 Å². The highest BCUT2D eigenvalue weighted by Crippen LogP contribution is 2.28. The third kappa shape index (κ3) is 1.87. The van der Waals surface area contributed by atoms with Gasteiger partial charge in [-0.25, -0.2) is 0 Å². The van der Waals surface area contributed by atoms with Gasteiger partial charge in [0, 0.05) is 11.4 Å². The molecule has 2 aromatic rings. The molecule has 1 aromatic carbocycles. The van der Waals surface area contributed by atoms with E-state index < -0.39 is 0 Å². The van der Waals surface area contributed by atoms with Gasteiger partial charge in [0.05, 0.1) is 5.52 Å². The number of nitrogens with zero attached hydrogens (tertiary/aromatic N) is 2. The number of benzene rings is 1. The van der Waals surface area contributed by atoms with E-state index in [2.05, 4.69) is 53.1 Å². The van der Waals surface area contributed by atoms with Crippen LogP contribution >= 0.6 is 15.9 Å². The van der Waals surface area contributed by atoms with Crippen LogP contribution in [0.4, 0.5) is 0 Å². The molecule has 0 radical (unpaired) electrons. The van der Waals surface area contributed by atoms with E-state index in [0.29, 0.717) is 12.6 Å². The summed E-state index contributed by atoms with van der Waals surface area (Å²) in [6, 6.07) is 6.60. The first-order valence-corrected chi connectivity index (χ1v) is 6.30. The first-order chi connectivity index (χ1) is 7.65. The lowest BCUT2D eigenvalue weighted by Gasteiger charge is -2.05. The van der Waals surface area contributed by atoms with Crippen LogP contribution in [0, 0.1) is 0 Å². The van der Waals surface area contributed by atoms with Gasteiger partial charge in [-0.2, -0.15) is 5.10 Å². The lowest BCUT2D eigenvalue weighted by molar-refractivity contribution is 0.527. The van der Waals surface area contributed by atoms with Crippen LogP contribution in [0.15, 0.2) is 22.8 Å². The molecular formula is C12H16BrN3. The minimum absolute atomic E-state index is 0.354. The Morgan fingerprint density at radius 1 is 1.44 bits per heavy atom. The third-order valence-corrected chi connectivity index (χ3v) is 3.44. The number of rotatable bonds is 3. The van der Waals surface area contributed by atoms with E-state index in [1.807, 2.05) is 4.68 Å². The molecule has 0 aliphatic heterocycles. The van der Waals surface area contributed by atoms with Crippen LogP contribution < -0.4 is 5.73 Å². The number of hydrogen-bond donors (Lipinski definition) is 1. The third-order valence-electron chi connectivity index (χ3n) is 2.65. The van der Waals surface area contributed by atoms with Crippen LogP contribution in [0.2, 0.25) is 0 Å². The minimum Gasteiger partial charge on any atom is -0.330 e. The van der Waals surface area contributed by atoms with Crippen molar-refractivity contribution < 1.29 is 0 Å². The van der Waals surface area contributed by atoms with E-state index in [-0.39, 0.29) is 0 Å². The lowest BCUT2D eigenvalue weighted by Crippen LogP contribution is -2.04. The van der Waals surface area contributed by atoms with Crippen molar-refractivity contribution in [3.05, 3.63) is 28.4 Å². The topological polar surface area (TPSA) is 43.8 Å². The second kappa shape index (κ2) is 4.55. The first kappa shape index (κ1) is 11.6. The van der Waals surface area contributed by atoms with Crippen LogP contribution in [0.3, 0.4) is 0 Å². The summed E-state index contributed by atoms with van der Waals surface area (Å²) in [5, 5.41) is 5.81. The molecule has 16 heavy (non-hydrogen) atoms. The van der Waals surface area contributed by atoms with Crippen LogP contribution in [0.5, 0.6) is 0 Å². The van der Waals surface area contributed by atoms with E-state index in [4.69, 9.17) is 5.73 Å². The Labute approximate surface area is 104 Å². The summed E-state index contributed by atoms with van der Waals surface area (Å²) in [7, 11) is 0. The van der Waals surface area contributed by atoms with Crippen molar-refractivity contribution in [2.24, 2.45) is 5.73 Å². The van der Waals surface area contributed by atoms with Crippen molar-refractivity contribution in [3.8, 4) is 0 Å². The molecule has 3 nitrogen and oxygen atoms in total. The van der Waals surface area contributed by atoms with Crippen molar-refractivity contribution in [2.75, 3.05) is 6.54 Å². The highest BCUT2D eigenvalue weighted by atomic mass is 79.9. The highest BCUT2D eigenvalue weighted by Gasteiger charge is 2.13. The molecule has 0 spiro atoms. The van der Waals surface area contributed by atoms with E-state index in [0.717, 1.165) is 16.5 Å². The molecular weight excluding hydrogens is 266 g/mol. The average Bonchev–Trinajstić information content (AvgIpc) is 2.58. The van der Waals surface area contributed by atoms with Gasteiger partial charge >= 0.3 is 0 Å². The lowest BCUT2D eigenvalue weighted by atomic mass is 10.1. The molecule has 0 bridgehead atoms. The zero-order valence-corrected chi connectivity index (χ0v) is 11.2. The fourth-order valence-corrected chi connectivity index (χ4v) is 2.66. The molecule has 1 aromatic heterocycles. The van der Waals surface area contributed by atoms with Gasteiger partial charge in [-0.05, 0) is 48.3 Å². The van der Waals surface area contributed by atoms with Crippen molar-refractivity contribution >= 4 is 26.8 Å². The summed E-state index contributed by atoms with van der Waals surface area (Å²) >= 11 is 3.61. The number of hydrogen-bond acceptors (Lipinski definition) is 2. The van der Waals surface area contributed by atoms with Gasteiger partial charge in [0.15, 0.2) is 0 Å². The quantitative estimate of drug-likeness (QED) is 0.940. The predicted octanol–water partition coefficient (Wildman–Crippen LogP) is 2.88. The van der Waals surface area contributed by atoms with Crippen LogP contribution in [-0.2, 0) is 6.42 Å². The van der Waals surface area contributed by atoms with Gasteiger partial charge in [-0.15, -0.1) is 0 Å². The Morgan fingerprint density at radius 2 is 2.19 bits per heavy atom.